The summed E-state index contributed by atoms with van der Waals surface area (Å²) in [5, 5.41) is 0. The molecule has 0 atom stereocenters. The second-order valence-electron chi connectivity index (χ2n) is 8.18. The van der Waals surface area contributed by atoms with Crippen molar-refractivity contribution in [2.24, 2.45) is 0 Å². The third-order valence-electron chi connectivity index (χ3n) is 6.13. The number of nitrogens with zero attached hydrogens (tertiary/aromatic N) is 2. The number of carbonyl (C=O) groups excluding carboxylic acids is 2. The van der Waals surface area contributed by atoms with E-state index in [9.17, 15) is 9.59 Å². The molecular weight excluding hydrogens is 468 g/mol. The van der Waals surface area contributed by atoms with E-state index in [1.807, 2.05) is 30.3 Å². The number of fused-ring (bicyclic) bond motifs is 1. The van der Waals surface area contributed by atoms with E-state index in [-0.39, 0.29) is 11.8 Å². The molecule has 1 aromatic heterocycles. The first-order valence-corrected chi connectivity index (χ1v) is 12.2. The van der Waals surface area contributed by atoms with Crippen LogP contribution in [0.25, 0.3) is 10.4 Å². The largest absolute Gasteiger partial charge is 0.493 e. The lowest BCUT2D eigenvalue weighted by atomic mass is 10.1. The van der Waals surface area contributed by atoms with Crippen molar-refractivity contribution in [3.8, 4) is 33.4 Å². The zero-order chi connectivity index (χ0) is 24.4. The minimum absolute atomic E-state index is 0.0167. The molecule has 3 aromatic rings. The van der Waals surface area contributed by atoms with Crippen LogP contribution >= 0.6 is 11.3 Å². The van der Waals surface area contributed by atoms with Gasteiger partial charge in [-0.1, -0.05) is 0 Å². The van der Waals surface area contributed by atoms with E-state index in [1.54, 1.807) is 42.2 Å². The molecule has 1 saturated heterocycles. The Balaban J connectivity index is 1.22. The maximum atomic E-state index is 13.1. The molecule has 0 saturated carbocycles. The van der Waals surface area contributed by atoms with E-state index in [0.29, 0.717) is 61.3 Å². The summed E-state index contributed by atoms with van der Waals surface area (Å²) in [6.45, 7) is 2.99. The standard InChI is InChI=1S/C26H26N2O6S/c1-31-19-5-4-18(16-21(19)32-2)25(29)27-9-11-28(12-10-27)26(30)24-8-7-23(35-24)17-3-6-20-22(15-17)34-14-13-33-20/h3-8,15-16H,9-14H2,1-2H3. The van der Waals surface area contributed by atoms with Crippen LogP contribution in [0.15, 0.2) is 48.5 Å². The summed E-state index contributed by atoms with van der Waals surface area (Å²) in [6, 6.07) is 14.8. The van der Waals surface area contributed by atoms with E-state index in [1.165, 1.54) is 11.3 Å². The molecule has 0 aliphatic carbocycles. The van der Waals surface area contributed by atoms with Gasteiger partial charge in [-0.05, 0) is 54.1 Å². The van der Waals surface area contributed by atoms with Gasteiger partial charge in [-0.15, -0.1) is 11.3 Å². The molecule has 2 amide bonds. The summed E-state index contributed by atoms with van der Waals surface area (Å²) in [6.07, 6.45) is 0. The van der Waals surface area contributed by atoms with Gasteiger partial charge < -0.3 is 28.7 Å². The van der Waals surface area contributed by atoms with Crippen LogP contribution in [0.4, 0.5) is 0 Å². The van der Waals surface area contributed by atoms with Crippen LogP contribution in [0.5, 0.6) is 23.0 Å². The van der Waals surface area contributed by atoms with Crippen molar-refractivity contribution < 1.29 is 28.5 Å². The number of piperazine rings is 1. The van der Waals surface area contributed by atoms with E-state index in [0.717, 1.165) is 21.9 Å². The third-order valence-corrected chi connectivity index (χ3v) is 7.25. The van der Waals surface area contributed by atoms with Gasteiger partial charge in [0, 0.05) is 36.6 Å². The number of ether oxygens (including phenoxy) is 4. The van der Waals surface area contributed by atoms with Crippen molar-refractivity contribution >= 4 is 23.2 Å². The fourth-order valence-electron chi connectivity index (χ4n) is 4.22. The van der Waals surface area contributed by atoms with Crippen molar-refractivity contribution in [3.63, 3.8) is 0 Å². The maximum absolute atomic E-state index is 13.1. The molecule has 2 aliphatic rings. The van der Waals surface area contributed by atoms with Crippen LogP contribution in [0.2, 0.25) is 0 Å². The molecule has 9 heteroatoms. The number of carbonyl (C=O) groups is 2. The first-order chi connectivity index (χ1) is 17.1. The molecule has 1 fully saturated rings. The van der Waals surface area contributed by atoms with Crippen molar-refractivity contribution in [2.75, 3.05) is 53.6 Å². The van der Waals surface area contributed by atoms with Crippen molar-refractivity contribution in [3.05, 3.63) is 59.0 Å². The molecule has 3 heterocycles. The van der Waals surface area contributed by atoms with E-state index in [4.69, 9.17) is 18.9 Å². The lowest BCUT2D eigenvalue weighted by Crippen LogP contribution is -2.50. The summed E-state index contributed by atoms with van der Waals surface area (Å²) in [5.74, 6) is 2.45. The van der Waals surface area contributed by atoms with Gasteiger partial charge >= 0.3 is 0 Å². The Bertz CT molecular complexity index is 1250. The molecule has 0 spiro atoms. The van der Waals surface area contributed by atoms with Gasteiger partial charge in [0.15, 0.2) is 23.0 Å². The molecule has 8 nitrogen and oxygen atoms in total. The number of thiophene rings is 1. The van der Waals surface area contributed by atoms with Crippen LogP contribution < -0.4 is 18.9 Å². The fraction of sp³-hybridized carbons (Fsp3) is 0.308. The zero-order valence-corrected chi connectivity index (χ0v) is 20.4. The van der Waals surface area contributed by atoms with Crippen LogP contribution in [0.1, 0.15) is 20.0 Å². The highest BCUT2D eigenvalue weighted by Crippen LogP contribution is 2.37. The molecule has 2 aliphatic heterocycles. The molecular formula is C26H26N2O6S. The van der Waals surface area contributed by atoms with Crippen molar-refractivity contribution in [2.45, 2.75) is 0 Å². The number of benzene rings is 2. The predicted molar refractivity (Wildman–Crippen MR) is 132 cm³/mol. The number of hydrogen-bond donors (Lipinski definition) is 0. The summed E-state index contributed by atoms with van der Waals surface area (Å²) >= 11 is 1.46. The number of methoxy groups -OCH3 is 2. The van der Waals surface area contributed by atoms with Gasteiger partial charge in [0.1, 0.15) is 13.2 Å². The molecule has 0 N–H and O–H groups in total. The summed E-state index contributed by atoms with van der Waals surface area (Å²) in [5.41, 5.74) is 1.52. The SMILES string of the molecule is COc1ccc(C(=O)N2CCN(C(=O)c3ccc(-c4ccc5c(c4)OCCO5)s3)CC2)cc1OC. The monoisotopic (exact) mass is 494 g/mol. The third kappa shape index (κ3) is 4.64. The highest BCUT2D eigenvalue weighted by molar-refractivity contribution is 7.17. The number of amides is 2. The van der Waals surface area contributed by atoms with Crippen LogP contribution in [-0.4, -0.2) is 75.2 Å². The quantitative estimate of drug-likeness (QED) is 0.537. The summed E-state index contributed by atoms with van der Waals surface area (Å²) in [7, 11) is 3.10. The average Bonchev–Trinajstić information content (AvgIpc) is 3.42. The first-order valence-electron chi connectivity index (χ1n) is 11.4. The summed E-state index contributed by atoms with van der Waals surface area (Å²) in [4.78, 5) is 31.4. The highest BCUT2D eigenvalue weighted by atomic mass is 32.1. The Morgan fingerprint density at radius 3 is 2.17 bits per heavy atom. The molecule has 0 bridgehead atoms. The van der Waals surface area contributed by atoms with E-state index < -0.39 is 0 Å². The molecule has 5 rings (SSSR count). The van der Waals surface area contributed by atoms with Gasteiger partial charge in [0.2, 0.25) is 0 Å². The fourth-order valence-corrected chi connectivity index (χ4v) is 5.20. The van der Waals surface area contributed by atoms with Crippen molar-refractivity contribution in [1.29, 1.82) is 0 Å². The normalized spacial score (nSPS) is 15.0. The zero-order valence-electron chi connectivity index (χ0n) is 19.6. The Kier molecular flexibility index (Phi) is 6.50. The molecule has 0 radical (unpaired) electrons. The van der Waals surface area contributed by atoms with Crippen LogP contribution in [-0.2, 0) is 0 Å². The van der Waals surface area contributed by atoms with Gasteiger partial charge in [0.25, 0.3) is 11.8 Å². The first kappa shape index (κ1) is 23.0. The smallest absolute Gasteiger partial charge is 0.264 e. The summed E-state index contributed by atoms with van der Waals surface area (Å²) < 4.78 is 21.8. The van der Waals surface area contributed by atoms with Crippen LogP contribution in [0, 0.1) is 0 Å². The number of hydrogen-bond acceptors (Lipinski definition) is 7. The van der Waals surface area contributed by atoms with Gasteiger partial charge in [-0.3, -0.25) is 9.59 Å². The topological polar surface area (TPSA) is 77.5 Å². The van der Waals surface area contributed by atoms with Gasteiger partial charge in [-0.25, -0.2) is 0 Å². The van der Waals surface area contributed by atoms with E-state index >= 15 is 0 Å². The minimum Gasteiger partial charge on any atom is -0.493 e. The van der Waals surface area contributed by atoms with Gasteiger partial charge in [0.05, 0.1) is 19.1 Å². The maximum Gasteiger partial charge on any atom is 0.264 e. The average molecular weight is 495 g/mol. The Hall–Kier alpha value is -3.72. The molecule has 2 aromatic carbocycles. The van der Waals surface area contributed by atoms with Crippen molar-refractivity contribution in [1.82, 2.24) is 9.80 Å². The Morgan fingerprint density at radius 1 is 0.771 bits per heavy atom. The molecule has 0 unspecified atom stereocenters. The predicted octanol–water partition coefficient (Wildman–Crippen LogP) is 3.80. The van der Waals surface area contributed by atoms with E-state index in [2.05, 4.69) is 0 Å². The molecule has 182 valence electrons. The minimum atomic E-state index is -0.0879. The lowest BCUT2D eigenvalue weighted by Gasteiger charge is -2.34. The van der Waals surface area contributed by atoms with Gasteiger partial charge in [-0.2, -0.15) is 0 Å². The number of rotatable bonds is 5. The lowest BCUT2D eigenvalue weighted by molar-refractivity contribution is 0.0538. The highest BCUT2D eigenvalue weighted by Gasteiger charge is 2.27. The second-order valence-corrected chi connectivity index (χ2v) is 9.26. The Morgan fingerprint density at radius 2 is 1.46 bits per heavy atom. The molecule has 35 heavy (non-hydrogen) atoms. The second kappa shape index (κ2) is 9.87. The van der Waals surface area contributed by atoms with Crippen LogP contribution in [0.3, 0.4) is 0 Å². The Labute approximate surface area is 207 Å².